The number of alkyl halides is 6. The van der Waals surface area contributed by atoms with Crippen LogP contribution in [0.25, 0.3) is 71.0 Å². The lowest BCUT2D eigenvalue weighted by molar-refractivity contribution is -0.137. The summed E-state index contributed by atoms with van der Waals surface area (Å²) in [6, 6.07) is 30.8. The lowest BCUT2D eigenvalue weighted by atomic mass is 9.93. The van der Waals surface area contributed by atoms with Crippen molar-refractivity contribution in [2.45, 2.75) is 26.2 Å². The van der Waals surface area contributed by atoms with Crippen LogP contribution in [0.5, 0.6) is 0 Å². The maximum atomic E-state index is 15.8. The molecule has 2 heterocycles. The van der Waals surface area contributed by atoms with Crippen molar-refractivity contribution in [2.75, 3.05) is 0 Å². The molecule has 0 fully saturated rings. The quantitative estimate of drug-likeness (QED) is 0.131. The summed E-state index contributed by atoms with van der Waals surface area (Å²) >= 11 is 0. The molecular formula is C41H25F6N3. The zero-order valence-electron chi connectivity index (χ0n) is 26.6. The molecule has 0 saturated carbocycles. The van der Waals surface area contributed by atoms with Crippen LogP contribution in [0, 0.1) is 20.4 Å². The SMILES string of the molecule is [C-]#[N+]c1cccc(C(F)(F)F)c1-c1cc(-n2c3ccccc3c3cccc(C)c32)c(-n2c3ccccc3c3cccc(C)c32)c(C(F)(F)F)c1. The molecule has 3 nitrogen and oxygen atoms in total. The molecule has 50 heavy (non-hydrogen) atoms. The fourth-order valence-corrected chi connectivity index (χ4v) is 7.42. The number of rotatable bonds is 3. The predicted molar refractivity (Wildman–Crippen MR) is 186 cm³/mol. The predicted octanol–water partition coefficient (Wildman–Crippen LogP) is 12.8. The second-order valence-corrected chi connectivity index (χ2v) is 12.3. The van der Waals surface area contributed by atoms with Gasteiger partial charge in [-0.2, -0.15) is 26.3 Å². The number of halogens is 6. The van der Waals surface area contributed by atoms with E-state index in [2.05, 4.69) is 4.85 Å². The second kappa shape index (κ2) is 11.0. The van der Waals surface area contributed by atoms with Gasteiger partial charge in [-0.1, -0.05) is 91.0 Å². The molecule has 0 spiro atoms. The Labute approximate surface area is 282 Å². The molecule has 0 atom stereocenters. The van der Waals surface area contributed by atoms with E-state index in [1.165, 1.54) is 12.1 Å². The summed E-state index contributed by atoms with van der Waals surface area (Å²) in [5.41, 5.74) is -0.188. The van der Waals surface area contributed by atoms with E-state index in [1.807, 2.05) is 74.5 Å². The molecule has 0 aliphatic rings. The Morgan fingerprint density at radius 3 is 1.60 bits per heavy atom. The van der Waals surface area contributed by atoms with Gasteiger partial charge < -0.3 is 9.13 Å². The minimum absolute atomic E-state index is 0.0224. The Kier molecular flexibility index (Phi) is 6.88. The third kappa shape index (κ3) is 4.59. The van der Waals surface area contributed by atoms with Crippen LogP contribution in [0.15, 0.2) is 115 Å². The number of nitrogens with zero attached hydrogens (tertiary/aromatic N) is 3. The Hall–Kier alpha value is -6.01. The van der Waals surface area contributed by atoms with Crippen LogP contribution < -0.4 is 0 Å². The summed E-state index contributed by atoms with van der Waals surface area (Å²) in [5.74, 6) is 0. The highest BCUT2D eigenvalue weighted by Crippen LogP contribution is 2.49. The first kappa shape index (κ1) is 31.3. The molecule has 0 aliphatic heterocycles. The smallest absolute Gasteiger partial charge is 0.307 e. The van der Waals surface area contributed by atoms with E-state index in [1.54, 1.807) is 33.4 Å². The van der Waals surface area contributed by atoms with Gasteiger partial charge in [-0.25, -0.2) is 4.85 Å². The Morgan fingerprint density at radius 1 is 0.540 bits per heavy atom. The monoisotopic (exact) mass is 673 g/mol. The van der Waals surface area contributed by atoms with Crippen molar-refractivity contribution < 1.29 is 26.3 Å². The van der Waals surface area contributed by atoms with Crippen molar-refractivity contribution in [1.29, 1.82) is 0 Å². The first-order chi connectivity index (χ1) is 23.9. The molecular weight excluding hydrogens is 648 g/mol. The topological polar surface area (TPSA) is 14.2 Å². The van der Waals surface area contributed by atoms with Crippen LogP contribution in [-0.2, 0) is 12.4 Å². The summed E-state index contributed by atoms with van der Waals surface area (Å²) < 4.78 is 94.4. The van der Waals surface area contributed by atoms with Gasteiger partial charge in [-0.3, -0.25) is 0 Å². The number of aromatic nitrogens is 2. The van der Waals surface area contributed by atoms with Gasteiger partial charge in [-0.15, -0.1) is 0 Å². The van der Waals surface area contributed by atoms with E-state index in [0.29, 0.717) is 22.1 Å². The van der Waals surface area contributed by atoms with Crippen LogP contribution in [0.4, 0.5) is 32.0 Å². The van der Waals surface area contributed by atoms with Crippen molar-refractivity contribution in [3.8, 4) is 22.5 Å². The third-order valence-electron chi connectivity index (χ3n) is 9.41. The van der Waals surface area contributed by atoms with Crippen LogP contribution in [0.1, 0.15) is 22.3 Å². The van der Waals surface area contributed by atoms with E-state index in [4.69, 9.17) is 6.57 Å². The summed E-state index contributed by atoms with van der Waals surface area (Å²) in [5, 5.41) is 3.01. The zero-order chi connectivity index (χ0) is 35.1. The Balaban J connectivity index is 1.68. The van der Waals surface area contributed by atoms with Crippen molar-refractivity contribution in [3.05, 3.63) is 149 Å². The number of hydrogen-bond donors (Lipinski definition) is 0. The number of aryl methyl sites for hydroxylation is 2. The molecule has 6 aromatic carbocycles. The third-order valence-corrected chi connectivity index (χ3v) is 9.41. The van der Waals surface area contributed by atoms with Gasteiger partial charge in [0, 0.05) is 21.5 Å². The zero-order valence-corrected chi connectivity index (χ0v) is 26.6. The maximum absolute atomic E-state index is 15.8. The van der Waals surface area contributed by atoms with Crippen molar-refractivity contribution in [1.82, 2.24) is 9.13 Å². The normalized spacial score (nSPS) is 12.4. The lowest BCUT2D eigenvalue weighted by Crippen LogP contribution is -2.16. The second-order valence-electron chi connectivity index (χ2n) is 12.3. The Morgan fingerprint density at radius 2 is 1.04 bits per heavy atom. The molecule has 0 aliphatic carbocycles. The van der Waals surface area contributed by atoms with E-state index in [9.17, 15) is 13.2 Å². The number of hydrogen-bond acceptors (Lipinski definition) is 0. The van der Waals surface area contributed by atoms with Gasteiger partial charge in [-0.05, 0) is 60.4 Å². The van der Waals surface area contributed by atoms with E-state index in [0.717, 1.165) is 50.9 Å². The molecule has 0 unspecified atom stereocenters. The summed E-state index contributed by atoms with van der Waals surface area (Å²) in [6.45, 7) is 11.4. The van der Waals surface area contributed by atoms with Gasteiger partial charge in [0.15, 0.2) is 5.69 Å². The van der Waals surface area contributed by atoms with Crippen LogP contribution in [0.3, 0.4) is 0 Å². The van der Waals surface area contributed by atoms with Gasteiger partial charge >= 0.3 is 12.4 Å². The van der Waals surface area contributed by atoms with Crippen molar-refractivity contribution in [3.63, 3.8) is 0 Å². The molecule has 8 rings (SSSR count). The summed E-state index contributed by atoms with van der Waals surface area (Å²) in [6.07, 6.45) is -9.97. The highest BCUT2D eigenvalue weighted by molar-refractivity contribution is 6.13. The van der Waals surface area contributed by atoms with Crippen LogP contribution in [0.2, 0.25) is 0 Å². The minimum Gasteiger partial charge on any atom is -0.307 e. The largest absolute Gasteiger partial charge is 0.418 e. The molecule has 0 saturated heterocycles. The molecule has 246 valence electrons. The summed E-state index contributed by atoms with van der Waals surface area (Å²) in [7, 11) is 0. The molecule has 0 radical (unpaired) electrons. The molecule has 0 N–H and O–H groups in total. The van der Waals surface area contributed by atoms with Crippen LogP contribution >= 0.6 is 0 Å². The highest BCUT2D eigenvalue weighted by Gasteiger charge is 2.40. The van der Waals surface area contributed by atoms with E-state index in [-0.39, 0.29) is 16.9 Å². The standard InChI is InChI=1S/C41H25F6N3/c1-23-11-8-15-28-26-13-4-6-19-33(26)49(37(23)28)35-22-25(36-30(40(42,43)44)17-10-18-32(36)48-3)21-31(41(45,46)47)39(35)50-34-20-7-5-14-27(34)29-16-9-12-24(2)38(29)50/h4-22H,1-2H3. The minimum atomic E-state index is -5.03. The number of benzene rings is 6. The van der Waals surface area contributed by atoms with Gasteiger partial charge in [0.25, 0.3) is 0 Å². The van der Waals surface area contributed by atoms with Crippen molar-refractivity contribution in [2.24, 2.45) is 0 Å². The lowest BCUT2D eigenvalue weighted by Gasteiger charge is -2.25. The van der Waals surface area contributed by atoms with E-state index >= 15 is 13.2 Å². The molecule has 8 aromatic rings. The maximum Gasteiger partial charge on any atom is 0.418 e. The van der Waals surface area contributed by atoms with E-state index < -0.39 is 34.7 Å². The molecule has 2 aromatic heterocycles. The highest BCUT2D eigenvalue weighted by atomic mass is 19.4. The Bertz CT molecular complexity index is 2720. The molecule has 0 bridgehead atoms. The van der Waals surface area contributed by atoms with Gasteiger partial charge in [0.1, 0.15) is 0 Å². The molecule has 0 amide bonds. The number of para-hydroxylation sites is 4. The number of fused-ring (bicyclic) bond motifs is 6. The molecule has 9 heteroatoms. The first-order valence-electron chi connectivity index (χ1n) is 15.7. The fraction of sp³-hybridized carbons (Fsp3) is 0.0976. The van der Waals surface area contributed by atoms with Gasteiger partial charge in [0.05, 0.1) is 51.1 Å². The van der Waals surface area contributed by atoms with Crippen LogP contribution in [-0.4, -0.2) is 9.13 Å². The average Bonchev–Trinajstić information content (AvgIpc) is 3.61. The van der Waals surface area contributed by atoms with Crippen molar-refractivity contribution >= 4 is 49.3 Å². The summed E-state index contributed by atoms with van der Waals surface area (Å²) in [4.78, 5) is 3.34. The van der Waals surface area contributed by atoms with Gasteiger partial charge in [0.2, 0.25) is 0 Å². The average molecular weight is 674 g/mol. The first-order valence-corrected chi connectivity index (χ1v) is 15.7. The fourth-order valence-electron chi connectivity index (χ4n) is 7.42.